The van der Waals surface area contributed by atoms with Crippen LogP contribution in [-0.2, 0) is 4.79 Å². The molecular weight excluding hydrogens is 346 g/mol. The highest BCUT2D eigenvalue weighted by Crippen LogP contribution is 2.25. The second kappa shape index (κ2) is 7.90. The Labute approximate surface area is 157 Å². The van der Waals surface area contributed by atoms with E-state index in [4.69, 9.17) is 19.7 Å². The van der Waals surface area contributed by atoms with Gasteiger partial charge >= 0.3 is 0 Å². The topological polar surface area (TPSA) is 100 Å². The highest BCUT2D eigenvalue weighted by molar-refractivity contribution is 5.75. The van der Waals surface area contributed by atoms with Gasteiger partial charge in [0.15, 0.2) is 12.7 Å². The van der Waals surface area contributed by atoms with Crippen molar-refractivity contribution in [3.63, 3.8) is 0 Å². The Bertz CT molecular complexity index is 935. The zero-order chi connectivity index (χ0) is 19.4. The van der Waals surface area contributed by atoms with Crippen molar-refractivity contribution in [1.82, 2.24) is 10.1 Å². The molecule has 0 aliphatic heterocycles. The van der Waals surface area contributed by atoms with Gasteiger partial charge in [-0.15, -0.1) is 0 Å². The van der Waals surface area contributed by atoms with Gasteiger partial charge in [-0.05, 0) is 68.3 Å². The number of carbonyl (C=O) groups is 1. The lowest BCUT2D eigenvalue weighted by molar-refractivity contribution is -0.119. The number of benzene rings is 2. The molecule has 1 aromatic heterocycles. The van der Waals surface area contributed by atoms with Gasteiger partial charge in [0.2, 0.25) is 5.82 Å². The predicted octanol–water partition coefficient (Wildman–Crippen LogP) is 3.36. The van der Waals surface area contributed by atoms with Gasteiger partial charge in [-0.2, -0.15) is 4.98 Å². The van der Waals surface area contributed by atoms with E-state index in [2.05, 4.69) is 17.1 Å². The van der Waals surface area contributed by atoms with E-state index in [1.165, 1.54) is 5.56 Å². The molecule has 140 valence electrons. The summed E-state index contributed by atoms with van der Waals surface area (Å²) in [5.41, 5.74) is 8.18. The Morgan fingerprint density at radius 1 is 1.11 bits per heavy atom. The monoisotopic (exact) mass is 367 g/mol. The number of carbonyl (C=O) groups excluding carboxylic acids is 1. The maximum atomic E-state index is 10.7. The summed E-state index contributed by atoms with van der Waals surface area (Å²) in [4.78, 5) is 15.1. The summed E-state index contributed by atoms with van der Waals surface area (Å²) in [7, 11) is 0. The lowest BCUT2D eigenvalue weighted by atomic mass is 10.1. The Balaban J connectivity index is 1.68. The van der Waals surface area contributed by atoms with Gasteiger partial charge in [-0.3, -0.25) is 4.79 Å². The number of amides is 1. The van der Waals surface area contributed by atoms with Crippen molar-refractivity contribution < 1.29 is 18.8 Å². The second-order valence-electron chi connectivity index (χ2n) is 6.24. The van der Waals surface area contributed by atoms with E-state index in [0.717, 1.165) is 16.9 Å². The smallest absolute Gasteiger partial charge is 0.267 e. The van der Waals surface area contributed by atoms with Crippen LogP contribution in [0.3, 0.4) is 0 Å². The van der Waals surface area contributed by atoms with E-state index in [0.29, 0.717) is 17.5 Å². The van der Waals surface area contributed by atoms with Crippen LogP contribution >= 0.6 is 0 Å². The van der Waals surface area contributed by atoms with Gasteiger partial charge < -0.3 is 19.7 Å². The average Bonchev–Trinajstić information content (AvgIpc) is 3.14. The quantitative estimate of drug-likeness (QED) is 0.687. The molecule has 0 aliphatic rings. The minimum absolute atomic E-state index is 0.168. The first-order valence-corrected chi connectivity index (χ1v) is 8.51. The van der Waals surface area contributed by atoms with E-state index >= 15 is 0 Å². The molecule has 7 nitrogen and oxygen atoms in total. The van der Waals surface area contributed by atoms with E-state index in [1.54, 1.807) is 24.3 Å². The number of rotatable bonds is 7. The van der Waals surface area contributed by atoms with Gasteiger partial charge in [-0.25, -0.2) is 0 Å². The molecule has 0 bridgehead atoms. The van der Waals surface area contributed by atoms with Crippen LogP contribution in [-0.4, -0.2) is 22.7 Å². The largest absolute Gasteiger partial charge is 0.484 e. The van der Waals surface area contributed by atoms with Crippen LogP contribution in [0, 0.1) is 13.8 Å². The van der Waals surface area contributed by atoms with Gasteiger partial charge in [0.1, 0.15) is 11.5 Å². The third kappa shape index (κ3) is 4.63. The minimum Gasteiger partial charge on any atom is -0.484 e. The van der Waals surface area contributed by atoms with Crippen LogP contribution in [0.15, 0.2) is 47.0 Å². The molecule has 27 heavy (non-hydrogen) atoms. The molecule has 0 fully saturated rings. The molecule has 2 N–H and O–H groups in total. The van der Waals surface area contributed by atoms with Crippen LogP contribution in [0.25, 0.3) is 11.4 Å². The number of aryl methyl sites for hydroxylation is 2. The molecule has 0 saturated heterocycles. The maximum absolute atomic E-state index is 10.7. The number of ether oxygens (including phenoxy) is 2. The van der Waals surface area contributed by atoms with Gasteiger partial charge in [-0.1, -0.05) is 11.2 Å². The number of hydrogen-bond acceptors (Lipinski definition) is 6. The first kappa shape index (κ1) is 18.4. The number of nitrogens with two attached hydrogens (primary N) is 1. The Kier molecular flexibility index (Phi) is 5.40. The van der Waals surface area contributed by atoms with Gasteiger partial charge in [0.25, 0.3) is 11.8 Å². The summed E-state index contributed by atoms with van der Waals surface area (Å²) in [6.45, 7) is 5.78. The summed E-state index contributed by atoms with van der Waals surface area (Å²) in [6, 6.07) is 12.9. The van der Waals surface area contributed by atoms with Crippen LogP contribution < -0.4 is 15.2 Å². The fraction of sp³-hybridized carbons (Fsp3) is 0.250. The normalized spacial score (nSPS) is 11.8. The molecule has 0 radical (unpaired) electrons. The molecule has 3 aromatic rings. The first-order chi connectivity index (χ1) is 12.9. The Hall–Kier alpha value is -3.35. The molecule has 0 aliphatic carbocycles. The summed E-state index contributed by atoms with van der Waals surface area (Å²) >= 11 is 0. The third-order valence-corrected chi connectivity index (χ3v) is 4.07. The molecular formula is C20H21N3O4. The summed E-state index contributed by atoms with van der Waals surface area (Å²) < 4.78 is 16.5. The van der Waals surface area contributed by atoms with Crippen molar-refractivity contribution in [3.8, 4) is 22.9 Å². The summed E-state index contributed by atoms with van der Waals surface area (Å²) in [5.74, 6) is 1.59. The van der Waals surface area contributed by atoms with E-state index in [-0.39, 0.29) is 12.7 Å². The van der Waals surface area contributed by atoms with Crippen LogP contribution in [0.1, 0.15) is 30.0 Å². The highest BCUT2D eigenvalue weighted by atomic mass is 16.5. The Morgan fingerprint density at radius 2 is 1.81 bits per heavy atom. The van der Waals surface area contributed by atoms with Crippen molar-refractivity contribution in [2.24, 2.45) is 5.73 Å². The molecule has 1 heterocycles. The molecule has 3 rings (SSSR count). The van der Waals surface area contributed by atoms with Gasteiger partial charge in [0, 0.05) is 5.56 Å². The highest BCUT2D eigenvalue weighted by Gasteiger charge is 2.17. The molecule has 1 unspecified atom stereocenters. The number of aromatic nitrogens is 2. The predicted molar refractivity (Wildman–Crippen MR) is 99.4 cm³/mol. The summed E-state index contributed by atoms with van der Waals surface area (Å²) in [6.07, 6.45) is -0.383. The maximum Gasteiger partial charge on any atom is 0.267 e. The molecule has 1 atom stereocenters. The fourth-order valence-electron chi connectivity index (χ4n) is 2.41. The van der Waals surface area contributed by atoms with Gasteiger partial charge in [0.05, 0.1) is 0 Å². The molecule has 7 heteroatoms. The lowest BCUT2D eigenvalue weighted by Gasteiger charge is -2.12. The third-order valence-electron chi connectivity index (χ3n) is 4.07. The summed E-state index contributed by atoms with van der Waals surface area (Å²) in [5, 5.41) is 4.00. The molecule has 2 aromatic carbocycles. The average molecular weight is 367 g/mol. The molecule has 0 saturated carbocycles. The van der Waals surface area contributed by atoms with E-state index < -0.39 is 5.91 Å². The van der Waals surface area contributed by atoms with Crippen LogP contribution in [0.5, 0.6) is 11.5 Å². The van der Waals surface area contributed by atoms with Crippen LogP contribution in [0.2, 0.25) is 0 Å². The van der Waals surface area contributed by atoms with Crippen molar-refractivity contribution in [2.45, 2.75) is 26.9 Å². The van der Waals surface area contributed by atoms with Crippen molar-refractivity contribution in [2.75, 3.05) is 6.61 Å². The number of nitrogens with zero attached hydrogens (tertiary/aromatic N) is 2. The first-order valence-electron chi connectivity index (χ1n) is 8.51. The standard InChI is InChI=1S/C20H21N3O4/c1-12-4-7-17(10-13(12)2)26-14(3)20-22-19(23-27-20)15-5-8-16(9-6-15)25-11-18(21)24/h4-10,14H,11H2,1-3H3,(H2,21,24). The van der Waals surface area contributed by atoms with Crippen LogP contribution in [0.4, 0.5) is 0 Å². The molecule has 0 spiro atoms. The fourth-order valence-corrected chi connectivity index (χ4v) is 2.41. The van der Waals surface area contributed by atoms with E-state index in [1.807, 2.05) is 32.0 Å². The zero-order valence-electron chi connectivity index (χ0n) is 15.4. The van der Waals surface area contributed by atoms with Crippen molar-refractivity contribution in [1.29, 1.82) is 0 Å². The van der Waals surface area contributed by atoms with E-state index in [9.17, 15) is 4.79 Å². The zero-order valence-corrected chi connectivity index (χ0v) is 15.4. The van der Waals surface area contributed by atoms with Crippen molar-refractivity contribution in [3.05, 3.63) is 59.5 Å². The minimum atomic E-state index is -0.528. The van der Waals surface area contributed by atoms with Crippen molar-refractivity contribution >= 4 is 5.91 Å². The lowest BCUT2D eigenvalue weighted by Crippen LogP contribution is -2.19. The Morgan fingerprint density at radius 3 is 2.48 bits per heavy atom. The SMILES string of the molecule is Cc1ccc(OC(C)c2nc(-c3ccc(OCC(N)=O)cc3)no2)cc1C. The molecule has 1 amide bonds. The second-order valence-corrected chi connectivity index (χ2v) is 6.24. The number of primary amides is 1. The number of hydrogen-bond donors (Lipinski definition) is 1.